The number of ether oxygens (including phenoxy) is 2. The Balaban J connectivity index is 2.49. The van der Waals surface area contributed by atoms with Crippen LogP contribution in [0, 0.1) is 5.92 Å². The predicted molar refractivity (Wildman–Crippen MR) is 80.3 cm³/mol. The largest absolute Gasteiger partial charge is 0.352 e. The first-order chi connectivity index (χ1) is 9.17. The average molecular weight is 271 g/mol. The van der Waals surface area contributed by atoms with Gasteiger partial charge in [-0.3, -0.25) is 4.90 Å². The molecule has 0 bridgehead atoms. The highest BCUT2D eigenvalue weighted by Gasteiger charge is 2.25. The highest BCUT2D eigenvalue weighted by molar-refractivity contribution is 4.78. The van der Waals surface area contributed by atoms with E-state index in [1.54, 1.807) is 0 Å². The van der Waals surface area contributed by atoms with E-state index in [1.165, 1.54) is 38.6 Å². The summed E-state index contributed by atoms with van der Waals surface area (Å²) >= 11 is 0. The van der Waals surface area contributed by atoms with Crippen LogP contribution >= 0.6 is 0 Å². The van der Waals surface area contributed by atoms with Crippen LogP contribution in [0.15, 0.2) is 0 Å². The number of rotatable bonds is 10. The van der Waals surface area contributed by atoms with Gasteiger partial charge in [-0.15, -0.1) is 0 Å². The highest BCUT2D eigenvalue weighted by atomic mass is 16.7. The Bertz CT molecular complexity index is 209. The maximum absolute atomic E-state index is 5.72. The maximum atomic E-state index is 5.72. The molecule has 0 aromatic heterocycles. The van der Waals surface area contributed by atoms with Gasteiger partial charge in [0.25, 0.3) is 0 Å². The molecule has 0 amide bonds. The van der Waals surface area contributed by atoms with Crippen LogP contribution in [0.3, 0.4) is 0 Å². The molecule has 1 rings (SSSR count). The molecule has 0 saturated heterocycles. The number of nitrogens with zero attached hydrogens (tertiary/aromatic N) is 1. The molecular formula is C16H33NO2. The topological polar surface area (TPSA) is 21.7 Å². The van der Waals surface area contributed by atoms with Crippen LogP contribution in [-0.4, -0.2) is 43.5 Å². The smallest absolute Gasteiger partial charge is 0.170 e. The zero-order chi connectivity index (χ0) is 14.1. The Hall–Kier alpha value is -0.120. The molecule has 0 aromatic carbocycles. The molecule has 0 N–H and O–H groups in total. The van der Waals surface area contributed by atoms with Crippen molar-refractivity contribution >= 4 is 0 Å². The van der Waals surface area contributed by atoms with Crippen molar-refractivity contribution in [1.29, 1.82) is 0 Å². The van der Waals surface area contributed by atoms with Gasteiger partial charge in [0.05, 0.1) is 0 Å². The van der Waals surface area contributed by atoms with Crippen molar-refractivity contribution in [2.45, 2.75) is 72.1 Å². The van der Waals surface area contributed by atoms with E-state index in [1.807, 2.05) is 13.8 Å². The molecule has 114 valence electrons. The molecule has 0 atom stereocenters. The van der Waals surface area contributed by atoms with E-state index in [4.69, 9.17) is 9.47 Å². The van der Waals surface area contributed by atoms with E-state index in [0.717, 1.165) is 31.7 Å². The van der Waals surface area contributed by atoms with E-state index in [-0.39, 0.29) is 6.29 Å². The summed E-state index contributed by atoms with van der Waals surface area (Å²) in [4.78, 5) is 2.61. The fourth-order valence-corrected chi connectivity index (χ4v) is 2.83. The molecule has 1 saturated carbocycles. The lowest BCUT2D eigenvalue weighted by molar-refractivity contribution is -0.150. The summed E-state index contributed by atoms with van der Waals surface area (Å²) in [6.45, 7) is 12.3. The Morgan fingerprint density at radius 2 is 1.63 bits per heavy atom. The monoisotopic (exact) mass is 271 g/mol. The minimum absolute atomic E-state index is 0.0530. The third-order valence-electron chi connectivity index (χ3n) is 3.92. The van der Waals surface area contributed by atoms with Crippen LogP contribution in [0.4, 0.5) is 0 Å². The molecule has 3 nitrogen and oxygen atoms in total. The molecule has 19 heavy (non-hydrogen) atoms. The standard InChI is InChI=1S/C16H33NO2/c1-5-18-16(19-6-2)13-17(12-11-14(3)4)15-9-7-8-10-15/h14-16H,5-13H2,1-4H3. The van der Waals surface area contributed by atoms with Crippen molar-refractivity contribution in [3.05, 3.63) is 0 Å². The van der Waals surface area contributed by atoms with Crippen LogP contribution in [0.1, 0.15) is 59.8 Å². The van der Waals surface area contributed by atoms with E-state index >= 15 is 0 Å². The molecule has 1 fully saturated rings. The lowest BCUT2D eigenvalue weighted by atomic mass is 10.1. The minimum Gasteiger partial charge on any atom is -0.352 e. The van der Waals surface area contributed by atoms with Gasteiger partial charge >= 0.3 is 0 Å². The Kier molecular flexibility index (Phi) is 8.67. The molecule has 0 unspecified atom stereocenters. The van der Waals surface area contributed by atoms with E-state index < -0.39 is 0 Å². The molecule has 0 radical (unpaired) electrons. The second kappa shape index (κ2) is 9.73. The molecule has 1 aliphatic carbocycles. The minimum atomic E-state index is -0.0530. The molecule has 1 aliphatic rings. The molecule has 0 aromatic rings. The molecule has 0 heterocycles. The normalized spacial score (nSPS) is 17.2. The quantitative estimate of drug-likeness (QED) is 0.566. The lowest BCUT2D eigenvalue weighted by Crippen LogP contribution is -2.42. The van der Waals surface area contributed by atoms with E-state index in [9.17, 15) is 0 Å². The van der Waals surface area contributed by atoms with Gasteiger partial charge in [0.15, 0.2) is 6.29 Å². The summed E-state index contributed by atoms with van der Waals surface area (Å²) < 4.78 is 11.4. The number of hydrogen-bond donors (Lipinski definition) is 0. The number of hydrogen-bond acceptors (Lipinski definition) is 3. The summed E-state index contributed by atoms with van der Waals surface area (Å²) in [5.41, 5.74) is 0. The van der Waals surface area contributed by atoms with Gasteiger partial charge in [0, 0.05) is 25.8 Å². The van der Waals surface area contributed by atoms with Crippen molar-refractivity contribution in [2.24, 2.45) is 5.92 Å². The van der Waals surface area contributed by atoms with Crippen LogP contribution < -0.4 is 0 Å². The molecule has 3 heteroatoms. The highest BCUT2D eigenvalue weighted by Crippen LogP contribution is 2.24. The van der Waals surface area contributed by atoms with Gasteiger partial charge in [-0.1, -0.05) is 26.7 Å². The Labute approximate surface area is 119 Å². The molecular weight excluding hydrogens is 238 g/mol. The van der Waals surface area contributed by atoms with Crippen molar-refractivity contribution in [3.63, 3.8) is 0 Å². The Morgan fingerprint density at radius 1 is 1.05 bits per heavy atom. The average Bonchev–Trinajstić information content (AvgIpc) is 2.88. The fourth-order valence-electron chi connectivity index (χ4n) is 2.83. The second-order valence-electron chi connectivity index (χ2n) is 5.96. The third kappa shape index (κ3) is 6.73. The molecule has 0 aliphatic heterocycles. The van der Waals surface area contributed by atoms with Gasteiger partial charge < -0.3 is 9.47 Å². The lowest BCUT2D eigenvalue weighted by Gasteiger charge is -2.32. The second-order valence-corrected chi connectivity index (χ2v) is 5.96. The maximum Gasteiger partial charge on any atom is 0.170 e. The SMILES string of the molecule is CCOC(CN(CCC(C)C)C1CCCC1)OCC. The third-order valence-corrected chi connectivity index (χ3v) is 3.92. The van der Waals surface area contributed by atoms with Crippen LogP contribution in [0.25, 0.3) is 0 Å². The first-order valence-corrected chi connectivity index (χ1v) is 8.14. The summed E-state index contributed by atoms with van der Waals surface area (Å²) in [7, 11) is 0. The van der Waals surface area contributed by atoms with Crippen molar-refractivity contribution in [2.75, 3.05) is 26.3 Å². The van der Waals surface area contributed by atoms with Crippen LogP contribution in [-0.2, 0) is 9.47 Å². The predicted octanol–water partition coefficient (Wildman–Crippen LogP) is 3.68. The van der Waals surface area contributed by atoms with Gasteiger partial charge in [-0.2, -0.15) is 0 Å². The first kappa shape index (κ1) is 16.9. The van der Waals surface area contributed by atoms with Gasteiger partial charge in [0.2, 0.25) is 0 Å². The summed E-state index contributed by atoms with van der Waals surface area (Å²) in [5.74, 6) is 0.765. The van der Waals surface area contributed by atoms with Crippen molar-refractivity contribution < 1.29 is 9.47 Å². The Morgan fingerprint density at radius 3 is 2.11 bits per heavy atom. The van der Waals surface area contributed by atoms with Crippen LogP contribution in [0.2, 0.25) is 0 Å². The first-order valence-electron chi connectivity index (χ1n) is 8.14. The van der Waals surface area contributed by atoms with Gasteiger partial charge in [0.1, 0.15) is 0 Å². The summed E-state index contributed by atoms with van der Waals surface area (Å²) in [6.07, 6.45) is 6.68. The van der Waals surface area contributed by atoms with E-state index in [2.05, 4.69) is 18.7 Å². The fraction of sp³-hybridized carbons (Fsp3) is 1.00. The van der Waals surface area contributed by atoms with Crippen molar-refractivity contribution in [1.82, 2.24) is 4.90 Å². The summed E-state index contributed by atoms with van der Waals surface area (Å²) in [5, 5.41) is 0. The van der Waals surface area contributed by atoms with Gasteiger partial charge in [-0.25, -0.2) is 0 Å². The van der Waals surface area contributed by atoms with Crippen LogP contribution in [0.5, 0.6) is 0 Å². The van der Waals surface area contributed by atoms with E-state index in [0.29, 0.717) is 0 Å². The van der Waals surface area contributed by atoms with Crippen molar-refractivity contribution in [3.8, 4) is 0 Å². The summed E-state index contributed by atoms with van der Waals surface area (Å²) in [6, 6.07) is 0.752. The zero-order valence-corrected chi connectivity index (χ0v) is 13.4. The van der Waals surface area contributed by atoms with Gasteiger partial charge in [-0.05, 0) is 45.6 Å². The zero-order valence-electron chi connectivity index (χ0n) is 13.4. The molecule has 0 spiro atoms.